The van der Waals surface area contributed by atoms with E-state index in [9.17, 15) is 9.90 Å². The normalized spacial score (nSPS) is 13.9. The van der Waals surface area contributed by atoms with Crippen LogP contribution in [-0.2, 0) is 15.1 Å². The van der Waals surface area contributed by atoms with Crippen LogP contribution in [0.2, 0.25) is 0 Å². The number of phenols is 1. The lowest BCUT2D eigenvalue weighted by molar-refractivity contribution is -0.149. The van der Waals surface area contributed by atoms with Crippen LogP contribution in [0, 0.1) is 0 Å². The van der Waals surface area contributed by atoms with Crippen molar-refractivity contribution in [3.05, 3.63) is 23.8 Å². The number of methoxy groups -OCH3 is 1. The van der Waals surface area contributed by atoms with Gasteiger partial charge in [0.05, 0.1) is 13.7 Å². The molecule has 1 aromatic carbocycles. The molecule has 1 rings (SSSR count). The topological polar surface area (TPSA) is 81.8 Å². The number of aromatic hydroxyl groups is 1. The van der Waals surface area contributed by atoms with Gasteiger partial charge in [-0.25, -0.2) is 4.79 Å². The Labute approximate surface area is 100 Å². The summed E-state index contributed by atoms with van der Waals surface area (Å²) >= 11 is 0. The molecule has 0 bridgehead atoms. The maximum absolute atomic E-state index is 11.7. The van der Waals surface area contributed by atoms with E-state index in [2.05, 4.69) is 0 Å². The Morgan fingerprint density at radius 1 is 1.53 bits per heavy atom. The standard InChI is InChI=1S/C12H17NO4/c1-4-17-11(15)12(2,13)8-5-6-9(14)10(7-8)16-3/h5-7,14H,4,13H2,1-3H3. The molecule has 1 unspecified atom stereocenters. The maximum Gasteiger partial charge on any atom is 0.330 e. The van der Waals surface area contributed by atoms with Crippen molar-refractivity contribution in [2.45, 2.75) is 19.4 Å². The molecule has 0 saturated carbocycles. The Morgan fingerprint density at radius 3 is 2.71 bits per heavy atom. The van der Waals surface area contributed by atoms with Crippen molar-refractivity contribution in [1.29, 1.82) is 0 Å². The Hall–Kier alpha value is -1.75. The molecule has 1 atom stereocenters. The van der Waals surface area contributed by atoms with E-state index in [4.69, 9.17) is 15.2 Å². The minimum Gasteiger partial charge on any atom is -0.504 e. The maximum atomic E-state index is 11.7. The van der Waals surface area contributed by atoms with Crippen molar-refractivity contribution in [2.24, 2.45) is 5.73 Å². The first-order valence-electron chi connectivity index (χ1n) is 5.27. The number of carbonyl (C=O) groups is 1. The van der Waals surface area contributed by atoms with E-state index in [-0.39, 0.29) is 18.1 Å². The average Bonchev–Trinajstić information content (AvgIpc) is 2.29. The molecule has 3 N–H and O–H groups in total. The van der Waals surface area contributed by atoms with Gasteiger partial charge in [-0.3, -0.25) is 0 Å². The van der Waals surface area contributed by atoms with Gasteiger partial charge in [0.2, 0.25) is 0 Å². The van der Waals surface area contributed by atoms with Crippen LogP contribution in [-0.4, -0.2) is 24.8 Å². The summed E-state index contributed by atoms with van der Waals surface area (Å²) in [5, 5.41) is 9.46. The number of ether oxygens (including phenoxy) is 2. The Morgan fingerprint density at radius 2 is 2.18 bits per heavy atom. The van der Waals surface area contributed by atoms with Crippen LogP contribution >= 0.6 is 0 Å². The smallest absolute Gasteiger partial charge is 0.330 e. The Balaban J connectivity index is 3.10. The van der Waals surface area contributed by atoms with Crippen LogP contribution in [0.25, 0.3) is 0 Å². The highest BCUT2D eigenvalue weighted by Gasteiger charge is 2.32. The number of hydrogen-bond acceptors (Lipinski definition) is 5. The zero-order valence-electron chi connectivity index (χ0n) is 10.2. The Kier molecular flexibility index (Phi) is 3.96. The zero-order valence-corrected chi connectivity index (χ0v) is 10.2. The fourth-order valence-corrected chi connectivity index (χ4v) is 1.40. The molecule has 0 aliphatic carbocycles. The average molecular weight is 239 g/mol. The SMILES string of the molecule is CCOC(=O)C(C)(N)c1ccc(O)c(OC)c1. The van der Waals surface area contributed by atoms with Gasteiger partial charge in [-0.15, -0.1) is 0 Å². The van der Waals surface area contributed by atoms with Gasteiger partial charge in [-0.1, -0.05) is 6.07 Å². The molecule has 17 heavy (non-hydrogen) atoms. The van der Waals surface area contributed by atoms with Crippen LogP contribution < -0.4 is 10.5 Å². The highest BCUT2D eigenvalue weighted by Crippen LogP contribution is 2.30. The van der Waals surface area contributed by atoms with Crippen LogP contribution in [0.5, 0.6) is 11.5 Å². The van der Waals surface area contributed by atoms with Gasteiger partial charge in [-0.2, -0.15) is 0 Å². The third kappa shape index (κ3) is 2.68. The number of carbonyl (C=O) groups excluding carboxylic acids is 1. The lowest BCUT2D eigenvalue weighted by Gasteiger charge is -2.23. The van der Waals surface area contributed by atoms with Gasteiger partial charge in [0.25, 0.3) is 0 Å². The Bertz CT molecular complexity index is 415. The van der Waals surface area contributed by atoms with Gasteiger partial charge >= 0.3 is 5.97 Å². The minimum atomic E-state index is -1.27. The first-order valence-corrected chi connectivity index (χ1v) is 5.27. The van der Waals surface area contributed by atoms with E-state index in [1.165, 1.54) is 19.2 Å². The molecular weight excluding hydrogens is 222 g/mol. The highest BCUT2D eigenvalue weighted by molar-refractivity contribution is 5.82. The quantitative estimate of drug-likeness (QED) is 0.770. The van der Waals surface area contributed by atoms with Crippen molar-refractivity contribution in [1.82, 2.24) is 0 Å². The van der Waals surface area contributed by atoms with Crippen LogP contribution in [0.4, 0.5) is 0 Å². The first-order chi connectivity index (χ1) is 7.93. The second-order valence-electron chi connectivity index (χ2n) is 3.81. The van der Waals surface area contributed by atoms with Crippen LogP contribution in [0.1, 0.15) is 19.4 Å². The number of esters is 1. The fraction of sp³-hybridized carbons (Fsp3) is 0.417. The molecule has 0 radical (unpaired) electrons. The predicted molar refractivity (Wildman–Crippen MR) is 62.8 cm³/mol. The van der Waals surface area contributed by atoms with E-state index in [1.807, 2.05) is 0 Å². The third-order valence-corrected chi connectivity index (χ3v) is 2.48. The van der Waals surface area contributed by atoms with E-state index in [0.717, 1.165) is 0 Å². The van der Waals surface area contributed by atoms with Crippen molar-refractivity contribution in [3.63, 3.8) is 0 Å². The second kappa shape index (κ2) is 5.05. The zero-order chi connectivity index (χ0) is 13.1. The first kappa shape index (κ1) is 13.3. The number of rotatable bonds is 4. The molecule has 0 aliphatic heterocycles. The molecule has 0 spiro atoms. The van der Waals surface area contributed by atoms with E-state index in [0.29, 0.717) is 5.56 Å². The molecular formula is C12H17NO4. The molecule has 0 aliphatic rings. The molecule has 0 fully saturated rings. The number of nitrogens with two attached hydrogens (primary N) is 1. The van der Waals surface area contributed by atoms with Crippen molar-refractivity contribution >= 4 is 5.97 Å². The molecule has 0 amide bonds. The molecule has 0 heterocycles. The monoisotopic (exact) mass is 239 g/mol. The van der Waals surface area contributed by atoms with E-state index in [1.54, 1.807) is 19.9 Å². The van der Waals surface area contributed by atoms with Gasteiger partial charge in [0.1, 0.15) is 5.54 Å². The van der Waals surface area contributed by atoms with Gasteiger partial charge in [0.15, 0.2) is 11.5 Å². The van der Waals surface area contributed by atoms with E-state index < -0.39 is 11.5 Å². The number of phenolic OH excluding ortho intramolecular Hbond substituents is 1. The largest absolute Gasteiger partial charge is 0.504 e. The predicted octanol–water partition coefficient (Wildman–Crippen LogP) is 1.14. The van der Waals surface area contributed by atoms with Gasteiger partial charge in [0, 0.05) is 0 Å². The summed E-state index contributed by atoms with van der Waals surface area (Å²) < 4.78 is 9.86. The minimum absolute atomic E-state index is 0.00379. The van der Waals surface area contributed by atoms with Crippen molar-refractivity contribution in [2.75, 3.05) is 13.7 Å². The van der Waals surface area contributed by atoms with Crippen LogP contribution in [0.3, 0.4) is 0 Å². The summed E-state index contributed by atoms with van der Waals surface area (Å²) in [6.07, 6.45) is 0. The molecule has 94 valence electrons. The summed E-state index contributed by atoms with van der Waals surface area (Å²) in [4.78, 5) is 11.7. The summed E-state index contributed by atoms with van der Waals surface area (Å²) in [7, 11) is 1.43. The second-order valence-corrected chi connectivity index (χ2v) is 3.81. The molecule has 5 nitrogen and oxygen atoms in total. The van der Waals surface area contributed by atoms with Crippen molar-refractivity contribution < 1.29 is 19.4 Å². The van der Waals surface area contributed by atoms with Crippen molar-refractivity contribution in [3.8, 4) is 11.5 Å². The van der Waals surface area contributed by atoms with Gasteiger partial charge in [-0.05, 0) is 31.5 Å². The summed E-state index contributed by atoms with van der Waals surface area (Å²) in [5.41, 5.74) is 5.18. The molecule has 1 aromatic rings. The lowest BCUT2D eigenvalue weighted by Crippen LogP contribution is -2.43. The third-order valence-electron chi connectivity index (χ3n) is 2.48. The van der Waals surface area contributed by atoms with E-state index >= 15 is 0 Å². The van der Waals surface area contributed by atoms with Crippen LogP contribution in [0.15, 0.2) is 18.2 Å². The highest BCUT2D eigenvalue weighted by atomic mass is 16.5. The summed E-state index contributed by atoms with van der Waals surface area (Å²) in [6, 6.07) is 4.51. The molecule has 5 heteroatoms. The molecule has 0 aromatic heterocycles. The fourth-order valence-electron chi connectivity index (χ4n) is 1.40. The number of benzene rings is 1. The lowest BCUT2D eigenvalue weighted by atomic mass is 9.93. The van der Waals surface area contributed by atoms with Gasteiger partial charge < -0.3 is 20.3 Å². The number of hydrogen-bond donors (Lipinski definition) is 2. The molecule has 0 saturated heterocycles. The summed E-state index contributed by atoms with van der Waals surface area (Å²) in [5.74, 6) is -0.257. The summed E-state index contributed by atoms with van der Waals surface area (Å²) in [6.45, 7) is 3.53.